The number of ether oxygens (including phenoxy) is 1. The smallest absolute Gasteiger partial charge is 0.426 e. The third-order valence-corrected chi connectivity index (χ3v) is 2.54. The lowest BCUT2D eigenvalue weighted by Gasteiger charge is -2.19. The van der Waals surface area contributed by atoms with Crippen LogP contribution < -0.4 is 10.9 Å². The van der Waals surface area contributed by atoms with Crippen molar-refractivity contribution in [1.29, 1.82) is 0 Å². The van der Waals surface area contributed by atoms with Crippen molar-refractivity contribution in [2.45, 2.75) is 26.4 Å². The first kappa shape index (κ1) is 15.6. The number of nitrogens with zero attached hydrogens (tertiary/aromatic N) is 2. The van der Waals surface area contributed by atoms with Gasteiger partial charge in [-0.3, -0.25) is 10.2 Å². The maximum Gasteiger partial charge on any atom is 0.426 e. The number of aromatic nitrogens is 2. The maximum atomic E-state index is 11.9. The van der Waals surface area contributed by atoms with Gasteiger partial charge in [0.2, 0.25) is 0 Å². The second-order valence-electron chi connectivity index (χ2n) is 5.59. The Morgan fingerprint density at radius 3 is 2.45 bits per heavy atom. The van der Waals surface area contributed by atoms with Crippen molar-refractivity contribution in [2.24, 2.45) is 0 Å². The number of hydrogen-bond donors (Lipinski definition) is 2. The Hall–Kier alpha value is -2.83. The summed E-state index contributed by atoms with van der Waals surface area (Å²) in [6, 6.07) is 9.38. The average molecular weight is 302 g/mol. The fourth-order valence-electron chi connectivity index (χ4n) is 1.65. The summed E-state index contributed by atoms with van der Waals surface area (Å²) in [5.41, 5.74) is 4.98. The van der Waals surface area contributed by atoms with E-state index in [1.165, 1.54) is 6.20 Å². The molecule has 0 bridgehead atoms. The molecule has 0 radical (unpaired) electrons. The largest absolute Gasteiger partial charge is 0.443 e. The summed E-state index contributed by atoms with van der Waals surface area (Å²) < 4.78 is 6.58. The fourth-order valence-corrected chi connectivity index (χ4v) is 1.65. The Balaban J connectivity index is 1.94. The summed E-state index contributed by atoms with van der Waals surface area (Å²) in [4.78, 5) is 23.4. The first-order chi connectivity index (χ1) is 10.3. The summed E-state index contributed by atoms with van der Waals surface area (Å²) >= 11 is 0. The molecule has 0 atom stereocenters. The van der Waals surface area contributed by atoms with Crippen molar-refractivity contribution in [3.63, 3.8) is 0 Å². The van der Waals surface area contributed by atoms with Gasteiger partial charge in [0.25, 0.3) is 5.91 Å². The van der Waals surface area contributed by atoms with Crippen molar-refractivity contribution < 1.29 is 14.3 Å². The number of carbonyl (C=O) groups excluding carboxylic acids is 2. The maximum absolute atomic E-state index is 11.9. The highest BCUT2D eigenvalue weighted by Gasteiger charge is 2.17. The van der Waals surface area contributed by atoms with Gasteiger partial charge in [-0.25, -0.2) is 14.9 Å². The van der Waals surface area contributed by atoms with Crippen LogP contribution in [-0.4, -0.2) is 27.4 Å². The van der Waals surface area contributed by atoms with E-state index >= 15 is 0 Å². The van der Waals surface area contributed by atoms with Crippen LogP contribution in [0.1, 0.15) is 31.1 Å². The van der Waals surface area contributed by atoms with Crippen molar-refractivity contribution in [3.05, 3.63) is 48.3 Å². The molecule has 2 amide bonds. The quantitative estimate of drug-likeness (QED) is 0.831. The number of carbonyl (C=O) groups is 2. The number of nitrogens with one attached hydrogen (secondary N) is 2. The fraction of sp³-hybridized carbons (Fsp3) is 0.267. The number of hydrazine groups is 1. The van der Waals surface area contributed by atoms with Crippen molar-refractivity contribution in [3.8, 4) is 5.69 Å². The summed E-state index contributed by atoms with van der Waals surface area (Å²) in [7, 11) is 0. The van der Waals surface area contributed by atoms with Crippen LogP contribution in [0.5, 0.6) is 0 Å². The lowest BCUT2D eigenvalue weighted by Crippen LogP contribution is -2.44. The van der Waals surface area contributed by atoms with Crippen molar-refractivity contribution in [2.75, 3.05) is 0 Å². The van der Waals surface area contributed by atoms with Crippen LogP contribution in [-0.2, 0) is 4.74 Å². The van der Waals surface area contributed by atoms with Crippen LogP contribution in [0.15, 0.2) is 42.7 Å². The van der Waals surface area contributed by atoms with Gasteiger partial charge in [0.1, 0.15) is 5.60 Å². The third-order valence-electron chi connectivity index (χ3n) is 2.54. The van der Waals surface area contributed by atoms with E-state index in [1.54, 1.807) is 31.6 Å². The molecule has 22 heavy (non-hydrogen) atoms. The Labute approximate surface area is 128 Å². The Bertz CT molecular complexity index is 659. The predicted molar refractivity (Wildman–Crippen MR) is 80.4 cm³/mol. The molecule has 2 aromatic rings. The first-order valence-electron chi connectivity index (χ1n) is 6.74. The van der Waals surface area contributed by atoms with E-state index in [4.69, 9.17) is 4.74 Å². The van der Waals surface area contributed by atoms with Gasteiger partial charge in [0.05, 0.1) is 17.4 Å². The molecule has 116 valence electrons. The molecule has 2 rings (SSSR count). The number of amides is 2. The highest BCUT2D eigenvalue weighted by molar-refractivity contribution is 5.94. The standard InChI is InChI=1S/C15H18N4O3/c1-15(2,3)22-14(21)18-17-13(20)11-9-16-19(10-11)12-7-5-4-6-8-12/h4-10H,1-3H3,(H,17,20)(H,18,21). The van der Waals surface area contributed by atoms with Crippen LogP contribution in [0.25, 0.3) is 5.69 Å². The minimum absolute atomic E-state index is 0.319. The van der Waals surface area contributed by atoms with E-state index < -0.39 is 17.6 Å². The van der Waals surface area contributed by atoms with Crippen LogP contribution in [0.3, 0.4) is 0 Å². The van der Waals surface area contributed by atoms with Gasteiger partial charge >= 0.3 is 6.09 Å². The molecule has 1 aromatic carbocycles. The Kier molecular flexibility index (Phi) is 4.45. The van der Waals surface area contributed by atoms with E-state index in [1.807, 2.05) is 30.3 Å². The van der Waals surface area contributed by atoms with Gasteiger partial charge in [-0.15, -0.1) is 0 Å². The molecule has 0 spiro atoms. The highest BCUT2D eigenvalue weighted by Crippen LogP contribution is 2.08. The molecule has 0 aliphatic carbocycles. The molecule has 1 aromatic heterocycles. The average Bonchev–Trinajstić information content (AvgIpc) is 2.94. The molecule has 7 heteroatoms. The van der Waals surface area contributed by atoms with Gasteiger partial charge in [0, 0.05) is 6.20 Å². The molecule has 0 saturated carbocycles. The number of para-hydroxylation sites is 1. The van der Waals surface area contributed by atoms with Gasteiger partial charge in [-0.05, 0) is 32.9 Å². The summed E-state index contributed by atoms with van der Waals surface area (Å²) in [6.45, 7) is 5.20. The number of benzene rings is 1. The van der Waals surface area contributed by atoms with E-state index in [-0.39, 0.29) is 0 Å². The van der Waals surface area contributed by atoms with E-state index in [9.17, 15) is 9.59 Å². The molecule has 0 unspecified atom stereocenters. The SMILES string of the molecule is CC(C)(C)OC(=O)NNC(=O)c1cnn(-c2ccccc2)c1. The Morgan fingerprint density at radius 2 is 1.82 bits per heavy atom. The van der Waals surface area contributed by atoms with E-state index in [0.29, 0.717) is 5.56 Å². The van der Waals surface area contributed by atoms with Crippen LogP contribution in [0, 0.1) is 0 Å². The zero-order valence-electron chi connectivity index (χ0n) is 12.7. The molecular formula is C15H18N4O3. The molecule has 7 nitrogen and oxygen atoms in total. The van der Waals surface area contributed by atoms with Crippen molar-refractivity contribution in [1.82, 2.24) is 20.6 Å². The summed E-state index contributed by atoms with van der Waals surface area (Å²) in [5, 5.41) is 4.11. The second kappa shape index (κ2) is 6.30. The van der Waals surface area contributed by atoms with Crippen LogP contribution in [0.2, 0.25) is 0 Å². The monoisotopic (exact) mass is 302 g/mol. The lowest BCUT2D eigenvalue weighted by molar-refractivity contribution is 0.0483. The van der Waals surface area contributed by atoms with Gasteiger partial charge < -0.3 is 4.74 Å². The molecule has 0 aliphatic rings. The second-order valence-corrected chi connectivity index (χ2v) is 5.59. The zero-order valence-corrected chi connectivity index (χ0v) is 12.7. The van der Waals surface area contributed by atoms with Gasteiger partial charge in [0.15, 0.2) is 0 Å². The first-order valence-corrected chi connectivity index (χ1v) is 6.74. The number of hydrogen-bond acceptors (Lipinski definition) is 4. The van der Waals surface area contributed by atoms with Crippen molar-refractivity contribution >= 4 is 12.0 Å². The number of rotatable bonds is 2. The van der Waals surface area contributed by atoms with E-state index in [0.717, 1.165) is 5.69 Å². The molecule has 1 heterocycles. The minimum Gasteiger partial charge on any atom is -0.443 e. The minimum atomic E-state index is -0.726. The van der Waals surface area contributed by atoms with Gasteiger partial charge in [-0.2, -0.15) is 5.10 Å². The normalized spacial score (nSPS) is 10.9. The zero-order chi connectivity index (χ0) is 16.2. The Morgan fingerprint density at radius 1 is 1.14 bits per heavy atom. The molecular weight excluding hydrogens is 284 g/mol. The molecule has 0 fully saturated rings. The highest BCUT2D eigenvalue weighted by atomic mass is 16.6. The van der Waals surface area contributed by atoms with Crippen LogP contribution in [0.4, 0.5) is 4.79 Å². The summed E-state index contributed by atoms with van der Waals surface area (Å²) in [5.74, 6) is -0.479. The summed E-state index contributed by atoms with van der Waals surface area (Å²) in [6.07, 6.45) is 2.26. The third kappa shape index (κ3) is 4.34. The molecule has 0 saturated heterocycles. The predicted octanol–water partition coefficient (Wildman–Crippen LogP) is 2.04. The van der Waals surface area contributed by atoms with Crippen LogP contribution >= 0.6 is 0 Å². The lowest BCUT2D eigenvalue weighted by atomic mass is 10.2. The van der Waals surface area contributed by atoms with Gasteiger partial charge in [-0.1, -0.05) is 18.2 Å². The molecule has 0 aliphatic heterocycles. The topological polar surface area (TPSA) is 85.2 Å². The molecule has 2 N–H and O–H groups in total. The van der Waals surface area contributed by atoms with E-state index in [2.05, 4.69) is 16.0 Å².